The monoisotopic (exact) mass is 375 g/mol. The van der Waals surface area contributed by atoms with Gasteiger partial charge in [0.1, 0.15) is 0 Å². The average Bonchev–Trinajstić information content (AvgIpc) is 3.07. The van der Waals surface area contributed by atoms with E-state index in [1.54, 1.807) is 0 Å². The highest BCUT2D eigenvalue weighted by atomic mass is 16.5. The molecule has 1 aliphatic heterocycles. The molecule has 0 amide bonds. The highest BCUT2D eigenvalue weighted by Crippen LogP contribution is 2.16. The number of likely N-dealkylation sites (tertiary alicyclic amines) is 1. The summed E-state index contributed by atoms with van der Waals surface area (Å²) in [6.07, 6.45) is 1.72. The molecule has 1 heterocycles. The van der Waals surface area contributed by atoms with E-state index in [1.165, 1.54) is 16.3 Å². The normalized spacial score (nSPS) is 16.7. The van der Waals surface area contributed by atoms with Crippen LogP contribution in [0.2, 0.25) is 0 Å². The van der Waals surface area contributed by atoms with E-state index in [1.807, 2.05) is 0 Å². The molecule has 1 atom stereocenters. The molecule has 27 heavy (non-hydrogen) atoms. The summed E-state index contributed by atoms with van der Waals surface area (Å²) in [5.41, 5.74) is 1.32. The van der Waals surface area contributed by atoms with Crippen LogP contribution in [0, 0.1) is 0 Å². The largest absolute Gasteiger partial charge is 0.473 e. The van der Waals surface area contributed by atoms with Crippen LogP contribution in [0.4, 0.5) is 0 Å². The van der Waals surface area contributed by atoms with Gasteiger partial charge in [0.05, 0.1) is 19.3 Å². The van der Waals surface area contributed by atoms with Crippen LogP contribution >= 0.6 is 0 Å². The molecule has 3 N–H and O–H groups in total. The molecule has 7 nitrogen and oxygen atoms in total. The van der Waals surface area contributed by atoms with E-state index in [4.69, 9.17) is 24.5 Å². The number of benzene rings is 2. The number of rotatable bonds is 6. The van der Waals surface area contributed by atoms with Gasteiger partial charge in [-0.15, -0.1) is 0 Å². The summed E-state index contributed by atoms with van der Waals surface area (Å²) in [5, 5.41) is 26.8. The van der Waals surface area contributed by atoms with E-state index in [-0.39, 0.29) is 6.10 Å². The summed E-state index contributed by atoms with van der Waals surface area (Å²) in [5.74, 6) is -3.65. The summed E-state index contributed by atoms with van der Waals surface area (Å²) >= 11 is 0. The first-order chi connectivity index (χ1) is 13.0. The topological polar surface area (TPSA) is 107 Å². The molecule has 1 aliphatic rings. The number of hydrogen-bond acceptors (Lipinski definition) is 5. The number of fused-ring (bicyclic) bond motifs is 1. The van der Waals surface area contributed by atoms with Gasteiger partial charge in [0.15, 0.2) is 0 Å². The Hall–Kier alpha value is -2.48. The Kier molecular flexibility index (Phi) is 8.19. The zero-order valence-electron chi connectivity index (χ0n) is 15.1. The van der Waals surface area contributed by atoms with Crippen LogP contribution in [0.25, 0.3) is 10.8 Å². The zero-order chi connectivity index (χ0) is 19.6. The third kappa shape index (κ3) is 7.34. The molecular weight excluding hydrogens is 350 g/mol. The smallest absolute Gasteiger partial charge is 0.414 e. The van der Waals surface area contributed by atoms with E-state index >= 15 is 0 Å². The first kappa shape index (κ1) is 20.8. The summed E-state index contributed by atoms with van der Waals surface area (Å²) < 4.78 is 5.72. The molecule has 1 unspecified atom stereocenters. The molecule has 7 heteroatoms. The lowest BCUT2D eigenvalue weighted by Gasteiger charge is -2.14. The quantitative estimate of drug-likeness (QED) is 0.520. The molecule has 0 saturated carbocycles. The first-order valence-corrected chi connectivity index (χ1v) is 8.88. The van der Waals surface area contributed by atoms with Crippen molar-refractivity contribution in [1.29, 1.82) is 0 Å². The molecule has 1 fully saturated rings. The Balaban J connectivity index is 0.000000380. The number of hydrogen-bond donors (Lipinski definition) is 3. The second-order valence-electron chi connectivity index (χ2n) is 6.40. The lowest BCUT2D eigenvalue weighted by molar-refractivity contribution is -0.159. The van der Waals surface area contributed by atoms with Crippen molar-refractivity contribution in [3.63, 3.8) is 0 Å². The van der Waals surface area contributed by atoms with Gasteiger partial charge in [-0.2, -0.15) is 0 Å². The highest BCUT2D eigenvalue weighted by molar-refractivity contribution is 6.27. The number of ether oxygens (including phenoxy) is 1. The maximum Gasteiger partial charge on any atom is 0.414 e. The van der Waals surface area contributed by atoms with Crippen LogP contribution in [0.3, 0.4) is 0 Å². The number of carboxylic acids is 2. The average molecular weight is 375 g/mol. The van der Waals surface area contributed by atoms with Crippen molar-refractivity contribution in [2.24, 2.45) is 0 Å². The standard InChI is InChI=1S/C18H23NO2.C2H2O4/c20-18-7-9-19(14-18)10-12-21-11-8-15-5-6-16-3-1-2-4-17(16)13-15;3-1(4)2(5)6/h1-6,13,18,20H,7-12,14H2;(H,3,4)(H,5,6). The summed E-state index contributed by atoms with van der Waals surface area (Å²) in [4.78, 5) is 20.5. The predicted octanol–water partition coefficient (Wildman–Crippen LogP) is 1.62. The Morgan fingerprint density at radius 2 is 1.74 bits per heavy atom. The van der Waals surface area contributed by atoms with Gasteiger partial charge in [-0.25, -0.2) is 9.59 Å². The Labute approximate surface area is 157 Å². The van der Waals surface area contributed by atoms with Crippen molar-refractivity contribution in [3.8, 4) is 0 Å². The Bertz CT molecular complexity index is 751. The third-order valence-corrected chi connectivity index (χ3v) is 4.33. The molecule has 3 rings (SSSR count). The van der Waals surface area contributed by atoms with Crippen molar-refractivity contribution < 1.29 is 29.6 Å². The highest BCUT2D eigenvalue weighted by Gasteiger charge is 2.19. The van der Waals surface area contributed by atoms with Crippen LogP contribution in [-0.4, -0.2) is 71.1 Å². The third-order valence-electron chi connectivity index (χ3n) is 4.33. The molecule has 0 radical (unpaired) electrons. The molecule has 2 aromatic rings. The van der Waals surface area contributed by atoms with Gasteiger partial charge in [-0.05, 0) is 29.2 Å². The van der Waals surface area contributed by atoms with E-state index in [2.05, 4.69) is 47.4 Å². The zero-order valence-corrected chi connectivity index (χ0v) is 15.1. The fourth-order valence-electron chi connectivity index (χ4n) is 2.90. The Morgan fingerprint density at radius 3 is 2.37 bits per heavy atom. The van der Waals surface area contributed by atoms with Crippen LogP contribution in [-0.2, 0) is 20.7 Å². The second kappa shape index (κ2) is 10.6. The van der Waals surface area contributed by atoms with Crippen LogP contribution in [0.1, 0.15) is 12.0 Å². The summed E-state index contributed by atoms with van der Waals surface area (Å²) in [6.45, 7) is 4.23. The molecular formula is C20H25NO6. The van der Waals surface area contributed by atoms with Gasteiger partial charge in [0.2, 0.25) is 0 Å². The Morgan fingerprint density at radius 1 is 1.04 bits per heavy atom. The molecule has 0 spiro atoms. The number of aliphatic hydroxyl groups excluding tert-OH is 1. The number of β-amino-alcohol motifs (C(OH)–C–C–N with tert-alkyl or cyclic N) is 1. The van der Waals surface area contributed by atoms with Gasteiger partial charge in [0, 0.05) is 19.6 Å². The van der Waals surface area contributed by atoms with Crippen molar-refractivity contribution >= 4 is 22.7 Å². The number of aliphatic carboxylic acids is 2. The van der Waals surface area contributed by atoms with E-state index < -0.39 is 11.9 Å². The fraction of sp³-hybridized carbons (Fsp3) is 0.400. The molecule has 0 aliphatic carbocycles. The first-order valence-electron chi connectivity index (χ1n) is 8.88. The van der Waals surface area contributed by atoms with Crippen molar-refractivity contribution in [1.82, 2.24) is 4.90 Å². The predicted molar refractivity (Wildman–Crippen MR) is 101 cm³/mol. The van der Waals surface area contributed by atoms with Crippen LogP contribution in [0.5, 0.6) is 0 Å². The minimum absolute atomic E-state index is 0.136. The number of nitrogens with zero attached hydrogens (tertiary/aromatic N) is 1. The van der Waals surface area contributed by atoms with E-state index in [9.17, 15) is 5.11 Å². The molecule has 2 aromatic carbocycles. The lowest BCUT2D eigenvalue weighted by atomic mass is 10.1. The number of carbonyl (C=O) groups is 2. The molecule has 0 aromatic heterocycles. The van der Waals surface area contributed by atoms with E-state index in [0.717, 1.165) is 45.7 Å². The number of carboxylic acid groups (broad SMARTS) is 2. The molecule has 146 valence electrons. The summed E-state index contributed by atoms with van der Waals surface area (Å²) in [6, 6.07) is 15.0. The SMILES string of the molecule is O=C(O)C(=O)O.OC1CCN(CCOCCc2ccc3ccccc3c2)C1. The maximum atomic E-state index is 9.46. The van der Waals surface area contributed by atoms with Gasteiger partial charge < -0.3 is 20.1 Å². The van der Waals surface area contributed by atoms with Crippen LogP contribution in [0.15, 0.2) is 42.5 Å². The van der Waals surface area contributed by atoms with Crippen LogP contribution < -0.4 is 0 Å². The van der Waals surface area contributed by atoms with Gasteiger partial charge in [0.25, 0.3) is 0 Å². The minimum Gasteiger partial charge on any atom is -0.473 e. The van der Waals surface area contributed by atoms with Crippen molar-refractivity contribution in [2.45, 2.75) is 18.9 Å². The van der Waals surface area contributed by atoms with Gasteiger partial charge in [-0.1, -0.05) is 42.5 Å². The number of aliphatic hydroxyl groups is 1. The second-order valence-corrected chi connectivity index (χ2v) is 6.40. The molecule has 1 saturated heterocycles. The van der Waals surface area contributed by atoms with Crippen molar-refractivity contribution in [2.75, 3.05) is 32.8 Å². The minimum atomic E-state index is -1.82. The maximum absolute atomic E-state index is 9.46. The van der Waals surface area contributed by atoms with E-state index in [0.29, 0.717) is 0 Å². The fourth-order valence-corrected chi connectivity index (χ4v) is 2.90. The van der Waals surface area contributed by atoms with Gasteiger partial charge >= 0.3 is 11.9 Å². The molecule has 0 bridgehead atoms. The lowest BCUT2D eigenvalue weighted by Crippen LogP contribution is -2.26. The summed E-state index contributed by atoms with van der Waals surface area (Å²) in [7, 11) is 0. The van der Waals surface area contributed by atoms with Gasteiger partial charge in [-0.3, -0.25) is 4.90 Å². The van der Waals surface area contributed by atoms with Crippen molar-refractivity contribution in [3.05, 3.63) is 48.0 Å².